The summed E-state index contributed by atoms with van der Waals surface area (Å²) >= 11 is 0. The molecule has 2 fully saturated rings. The number of fused-ring (bicyclic) bond motifs is 1. The van der Waals surface area contributed by atoms with E-state index < -0.39 is 23.5 Å². The maximum absolute atomic E-state index is 13.2. The molecule has 1 aromatic heterocycles. The van der Waals surface area contributed by atoms with Gasteiger partial charge in [0.25, 0.3) is 0 Å². The minimum absolute atomic E-state index is 0.00377. The summed E-state index contributed by atoms with van der Waals surface area (Å²) in [4.78, 5) is 30.6. The van der Waals surface area contributed by atoms with Crippen LogP contribution in [-0.2, 0) is 14.3 Å². The molecular weight excluding hydrogens is 448 g/mol. The van der Waals surface area contributed by atoms with Crippen molar-refractivity contribution in [1.29, 1.82) is 0 Å². The molecular formula is C27H42N2O6. The second-order valence-corrected chi connectivity index (χ2v) is 11.2. The molecule has 2 aliphatic rings. The predicted molar refractivity (Wildman–Crippen MR) is 132 cm³/mol. The fraction of sp³-hybridized carbons (Fsp3) is 0.741. The molecule has 1 aromatic rings. The number of aliphatic hydroxyl groups excluding tert-OH is 2. The summed E-state index contributed by atoms with van der Waals surface area (Å²) in [6, 6.07) is -0.326. The van der Waals surface area contributed by atoms with Crippen LogP contribution in [0.4, 0.5) is 0 Å². The lowest BCUT2D eigenvalue weighted by molar-refractivity contribution is -0.143. The van der Waals surface area contributed by atoms with Crippen LogP contribution in [0.5, 0.6) is 0 Å². The van der Waals surface area contributed by atoms with E-state index in [4.69, 9.17) is 9.15 Å². The van der Waals surface area contributed by atoms with Gasteiger partial charge < -0.3 is 24.7 Å². The number of hydrogen-bond donors (Lipinski definition) is 3. The topological polar surface area (TPSA) is 125 Å². The quantitative estimate of drug-likeness (QED) is 0.542. The third-order valence-electron chi connectivity index (χ3n) is 7.99. The molecule has 1 amide bonds. The fourth-order valence-electron chi connectivity index (χ4n) is 5.34. The van der Waals surface area contributed by atoms with Crippen molar-refractivity contribution in [2.24, 2.45) is 23.2 Å². The van der Waals surface area contributed by atoms with Crippen LogP contribution in [0.1, 0.15) is 78.8 Å². The van der Waals surface area contributed by atoms with Crippen molar-refractivity contribution in [3.63, 3.8) is 0 Å². The Kier molecular flexibility index (Phi) is 8.60. The average molecular weight is 491 g/mol. The molecule has 8 nitrogen and oxygen atoms in total. The number of aromatic nitrogens is 1. The summed E-state index contributed by atoms with van der Waals surface area (Å²) in [5.41, 5.74) is 0.406. The van der Waals surface area contributed by atoms with Gasteiger partial charge >= 0.3 is 0 Å². The van der Waals surface area contributed by atoms with E-state index >= 15 is 0 Å². The predicted octanol–water partition coefficient (Wildman–Crippen LogP) is 3.44. The van der Waals surface area contributed by atoms with Gasteiger partial charge in [-0.25, -0.2) is 4.98 Å². The van der Waals surface area contributed by atoms with Crippen LogP contribution >= 0.6 is 0 Å². The molecule has 8 atom stereocenters. The van der Waals surface area contributed by atoms with Crippen LogP contribution in [0, 0.1) is 30.1 Å². The molecule has 0 aliphatic carbocycles. The van der Waals surface area contributed by atoms with E-state index in [0.29, 0.717) is 11.6 Å². The van der Waals surface area contributed by atoms with E-state index in [2.05, 4.69) is 17.2 Å². The van der Waals surface area contributed by atoms with Crippen LogP contribution in [0.15, 0.2) is 16.3 Å². The van der Waals surface area contributed by atoms with E-state index in [-0.39, 0.29) is 48.2 Å². The van der Waals surface area contributed by atoms with Crippen molar-refractivity contribution >= 4 is 17.8 Å². The molecule has 0 bridgehead atoms. The lowest BCUT2D eigenvalue weighted by Crippen LogP contribution is -2.48. The van der Waals surface area contributed by atoms with Gasteiger partial charge in [-0.2, -0.15) is 0 Å². The van der Waals surface area contributed by atoms with Crippen molar-refractivity contribution in [3.05, 3.63) is 23.4 Å². The molecule has 0 unspecified atom stereocenters. The Hall–Kier alpha value is -2.03. The number of rotatable bonds is 2. The SMILES string of the molecule is C/C(=C\c1coc(C)n1)[C@H]1NC(=O)C[C@H](O)C(C)(C)C(=O)[C@H](C)[C@@H](O)[C@@H](C)CCC[C@H]2O[C@H]2[C@@H]1C. The fourth-order valence-corrected chi connectivity index (χ4v) is 5.34. The number of Topliss-reactive ketones (excluding diaryl/α,β-unsaturated/α-hetero) is 1. The molecule has 196 valence electrons. The number of ketones is 1. The first-order valence-corrected chi connectivity index (χ1v) is 12.8. The van der Waals surface area contributed by atoms with Gasteiger partial charge in [0, 0.05) is 18.8 Å². The summed E-state index contributed by atoms with van der Waals surface area (Å²) < 4.78 is 11.3. The minimum atomic E-state index is -1.18. The smallest absolute Gasteiger partial charge is 0.223 e. The van der Waals surface area contributed by atoms with Gasteiger partial charge in [-0.05, 0) is 37.3 Å². The Bertz CT molecular complexity index is 938. The molecule has 3 N–H and O–H groups in total. The molecule has 35 heavy (non-hydrogen) atoms. The standard InChI is InChI=1S/C27H42N2O6/c1-14-9-8-10-20-25(35-20)16(3)23(15(2)11-19-13-34-18(5)28-19)29-22(31)12-21(30)27(6,7)26(33)17(4)24(14)32/h11,13-14,16-17,20-21,23-25,30,32H,8-10,12H2,1-7H3,(H,29,31)/b15-11+/t14-,16+,17+,20+,21-,23+,24-,25-/m0/s1. The van der Waals surface area contributed by atoms with Crippen LogP contribution in [-0.4, -0.2) is 57.3 Å². The molecule has 8 heteroatoms. The number of aliphatic hydroxyl groups is 2. The van der Waals surface area contributed by atoms with E-state index in [9.17, 15) is 19.8 Å². The van der Waals surface area contributed by atoms with Crippen molar-refractivity contribution in [3.8, 4) is 0 Å². The van der Waals surface area contributed by atoms with Crippen molar-refractivity contribution < 1.29 is 29.0 Å². The van der Waals surface area contributed by atoms with E-state index in [1.54, 1.807) is 34.0 Å². The number of carbonyl (C=O) groups excluding carboxylic acids is 2. The summed E-state index contributed by atoms with van der Waals surface area (Å²) in [5.74, 6) is -0.720. The molecule has 0 spiro atoms. The van der Waals surface area contributed by atoms with Crippen LogP contribution < -0.4 is 5.32 Å². The first-order chi connectivity index (χ1) is 16.3. The second-order valence-electron chi connectivity index (χ2n) is 11.2. The molecule has 0 aromatic carbocycles. The molecule has 0 radical (unpaired) electrons. The highest BCUT2D eigenvalue weighted by atomic mass is 16.6. The van der Waals surface area contributed by atoms with E-state index in [1.165, 1.54) is 0 Å². The lowest BCUT2D eigenvalue weighted by Gasteiger charge is -2.35. The van der Waals surface area contributed by atoms with Gasteiger partial charge in [0.1, 0.15) is 17.7 Å². The third-order valence-corrected chi connectivity index (χ3v) is 7.99. The van der Waals surface area contributed by atoms with Gasteiger partial charge in [-0.1, -0.05) is 41.0 Å². The lowest BCUT2D eigenvalue weighted by atomic mass is 9.73. The number of epoxide rings is 1. The highest BCUT2D eigenvalue weighted by molar-refractivity contribution is 5.88. The van der Waals surface area contributed by atoms with Crippen LogP contribution in [0.3, 0.4) is 0 Å². The second kappa shape index (κ2) is 10.9. The van der Waals surface area contributed by atoms with Crippen molar-refractivity contribution in [2.75, 3.05) is 0 Å². The molecule has 2 saturated heterocycles. The Morgan fingerprint density at radius 2 is 1.89 bits per heavy atom. The first kappa shape index (κ1) is 27.6. The largest absolute Gasteiger partial charge is 0.449 e. The van der Waals surface area contributed by atoms with Crippen LogP contribution in [0.25, 0.3) is 6.08 Å². The first-order valence-electron chi connectivity index (χ1n) is 12.8. The zero-order valence-electron chi connectivity index (χ0n) is 22.1. The van der Waals surface area contributed by atoms with Crippen molar-refractivity contribution in [1.82, 2.24) is 10.3 Å². The van der Waals surface area contributed by atoms with Gasteiger partial charge in [-0.15, -0.1) is 0 Å². The van der Waals surface area contributed by atoms with Gasteiger partial charge in [0.2, 0.25) is 5.91 Å². The van der Waals surface area contributed by atoms with E-state index in [1.807, 2.05) is 19.9 Å². The van der Waals surface area contributed by atoms with Gasteiger partial charge in [0.15, 0.2) is 5.89 Å². The number of nitrogens with zero attached hydrogens (tertiary/aromatic N) is 1. The Morgan fingerprint density at radius 1 is 1.20 bits per heavy atom. The number of aryl methyl sites for hydroxylation is 1. The third kappa shape index (κ3) is 6.40. The normalized spacial score (nSPS) is 37.5. The number of nitrogens with one attached hydrogen (secondary N) is 1. The maximum Gasteiger partial charge on any atom is 0.223 e. The zero-order valence-corrected chi connectivity index (χ0v) is 22.1. The summed E-state index contributed by atoms with van der Waals surface area (Å²) in [6.07, 6.45) is 3.91. The van der Waals surface area contributed by atoms with Gasteiger partial charge in [-0.3, -0.25) is 9.59 Å². The number of oxazole rings is 1. The average Bonchev–Trinajstić information content (AvgIpc) is 3.46. The minimum Gasteiger partial charge on any atom is -0.449 e. The Labute approximate surface area is 208 Å². The van der Waals surface area contributed by atoms with Crippen LogP contribution in [0.2, 0.25) is 0 Å². The summed E-state index contributed by atoms with van der Waals surface area (Å²) in [6.45, 7) is 12.7. The number of ether oxygens (including phenoxy) is 1. The Balaban J connectivity index is 1.87. The van der Waals surface area contributed by atoms with E-state index in [0.717, 1.165) is 24.8 Å². The summed E-state index contributed by atoms with van der Waals surface area (Å²) in [5, 5.41) is 24.8. The Morgan fingerprint density at radius 3 is 2.51 bits per heavy atom. The molecule has 3 heterocycles. The monoisotopic (exact) mass is 490 g/mol. The number of amides is 1. The highest BCUT2D eigenvalue weighted by Crippen LogP contribution is 2.38. The van der Waals surface area contributed by atoms with Crippen molar-refractivity contribution in [2.45, 2.75) is 105 Å². The van der Waals surface area contributed by atoms with Gasteiger partial charge in [0.05, 0.1) is 42.3 Å². The number of hydrogen-bond acceptors (Lipinski definition) is 7. The molecule has 2 aliphatic heterocycles. The molecule has 3 rings (SSSR count). The maximum atomic E-state index is 13.2. The molecule has 0 saturated carbocycles. The highest BCUT2D eigenvalue weighted by Gasteiger charge is 2.47. The zero-order chi connectivity index (χ0) is 26.1. The number of carbonyl (C=O) groups is 2. The summed E-state index contributed by atoms with van der Waals surface area (Å²) in [7, 11) is 0.